The molecule has 2 fully saturated rings. The molecule has 2 saturated heterocycles. The second kappa shape index (κ2) is 2.20. The lowest BCUT2D eigenvalue weighted by Gasteiger charge is -2.51. The molecular weight excluding hydrogens is 138 g/mol. The van der Waals surface area contributed by atoms with Crippen molar-refractivity contribution in [3.8, 4) is 0 Å². The minimum absolute atomic E-state index is 0.103. The topological polar surface area (TPSA) is 21.3 Å². The Morgan fingerprint density at radius 3 is 2.36 bits per heavy atom. The lowest BCUT2D eigenvalue weighted by atomic mass is 9.75. The number of hydrogen-bond acceptors (Lipinski definition) is 2. The molecule has 0 aromatic rings. The predicted octanol–water partition coefficient (Wildman–Crippen LogP) is 1.31. The zero-order chi connectivity index (χ0) is 7.95. The third-order valence-electron chi connectivity index (χ3n) is 2.94. The first-order valence-corrected chi connectivity index (χ1v) is 4.51. The molecule has 2 aliphatic rings. The van der Waals surface area contributed by atoms with Crippen molar-refractivity contribution in [3.63, 3.8) is 0 Å². The Labute approximate surface area is 68.3 Å². The molecule has 0 aromatic carbocycles. The van der Waals surface area contributed by atoms with Crippen LogP contribution in [0.2, 0.25) is 0 Å². The van der Waals surface area contributed by atoms with Gasteiger partial charge in [-0.1, -0.05) is 0 Å². The third kappa shape index (κ3) is 1.30. The van der Waals surface area contributed by atoms with Crippen LogP contribution < -0.4 is 5.32 Å². The van der Waals surface area contributed by atoms with Gasteiger partial charge in [0.25, 0.3) is 0 Å². The van der Waals surface area contributed by atoms with E-state index in [-0.39, 0.29) is 5.60 Å². The first kappa shape index (κ1) is 7.56. The van der Waals surface area contributed by atoms with Crippen molar-refractivity contribution in [2.75, 3.05) is 13.2 Å². The molecule has 0 amide bonds. The monoisotopic (exact) mass is 155 g/mol. The van der Waals surface area contributed by atoms with Crippen molar-refractivity contribution in [1.29, 1.82) is 0 Å². The van der Waals surface area contributed by atoms with E-state index in [0.717, 1.165) is 6.61 Å². The molecule has 0 saturated carbocycles. The summed E-state index contributed by atoms with van der Waals surface area (Å²) in [6.07, 6.45) is 3.73. The second-order valence-electron chi connectivity index (χ2n) is 4.49. The second-order valence-corrected chi connectivity index (χ2v) is 4.49. The fourth-order valence-electron chi connectivity index (χ4n) is 2.32. The van der Waals surface area contributed by atoms with Gasteiger partial charge in [0.1, 0.15) is 0 Å². The van der Waals surface area contributed by atoms with Crippen LogP contribution in [0.1, 0.15) is 33.1 Å². The maximum Gasteiger partial charge on any atom is 0.0644 e. The van der Waals surface area contributed by atoms with Crippen LogP contribution in [0, 0.1) is 0 Å². The van der Waals surface area contributed by atoms with Gasteiger partial charge in [-0.25, -0.2) is 0 Å². The van der Waals surface area contributed by atoms with E-state index in [1.54, 1.807) is 0 Å². The summed E-state index contributed by atoms with van der Waals surface area (Å²) in [6.45, 7) is 6.51. The zero-order valence-corrected chi connectivity index (χ0v) is 7.44. The van der Waals surface area contributed by atoms with Crippen LogP contribution in [0.25, 0.3) is 0 Å². The molecule has 0 aromatic heterocycles. The van der Waals surface area contributed by atoms with Crippen molar-refractivity contribution in [3.05, 3.63) is 0 Å². The quantitative estimate of drug-likeness (QED) is 0.569. The minimum atomic E-state index is 0.103. The number of hydrogen-bond donors (Lipinski definition) is 1. The van der Waals surface area contributed by atoms with Crippen molar-refractivity contribution in [2.45, 2.75) is 44.2 Å². The Hall–Kier alpha value is -0.0800. The van der Waals surface area contributed by atoms with Crippen LogP contribution in [0.3, 0.4) is 0 Å². The highest BCUT2D eigenvalue weighted by Crippen LogP contribution is 2.37. The van der Waals surface area contributed by atoms with Gasteiger partial charge in [-0.15, -0.1) is 0 Å². The Morgan fingerprint density at radius 2 is 2.00 bits per heavy atom. The molecule has 1 unspecified atom stereocenters. The Morgan fingerprint density at radius 1 is 1.27 bits per heavy atom. The summed E-state index contributed by atoms with van der Waals surface area (Å²) in [5.41, 5.74) is 0.563. The summed E-state index contributed by atoms with van der Waals surface area (Å²) in [6, 6.07) is 0. The van der Waals surface area contributed by atoms with Crippen molar-refractivity contribution < 1.29 is 4.74 Å². The van der Waals surface area contributed by atoms with Crippen LogP contribution in [0.4, 0.5) is 0 Å². The molecule has 2 aliphatic heterocycles. The van der Waals surface area contributed by atoms with Crippen molar-refractivity contribution in [1.82, 2.24) is 5.32 Å². The largest absolute Gasteiger partial charge is 0.375 e. The normalized spacial score (nSPS) is 42.0. The van der Waals surface area contributed by atoms with Crippen LogP contribution in [-0.4, -0.2) is 24.3 Å². The fourth-order valence-corrected chi connectivity index (χ4v) is 2.32. The zero-order valence-electron chi connectivity index (χ0n) is 7.44. The lowest BCUT2D eigenvalue weighted by molar-refractivity contribution is -0.103. The van der Waals surface area contributed by atoms with E-state index in [4.69, 9.17) is 4.74 Å². The molecule has 64 valence electrons. The average molecular weight is 155 g/mol. The van der Waals surface area contributed by atoms with E-state index in [1.165, 1.54) is 25.8 Å². The van der Waals surface area contributed by atoms with Gasteiger partial charge in [-0.05, 0) is 39.7 Å². The van der Waals surface area contributed by atoms with Crippen molar-refractivity contribution >= 4 is 0 Å². The van der Waals surface area contributed by atoms with E-state index in [2.05, 4.69) is 19.2 Å². The molecule has 0 aliphatic carbocycles. The third-order valence-corrected chi connectivity index (χ3v) is 2.94. The predicted molar refractivity (Wildman–Crippen MR) is 44.6 cm³/mol. The Balaban J connectivity index is 2.03. The maximum absolute atomic E-state index is 5.66. The van der Waals surface area contributed by atoms with E-state index in [0.29, 0.717) is 5.54 Å². The van der Waals surface area contributed by atoms with Gasteiger partial charge in [0.05, 0.1) is 5.60 Å². The van der Waals surface area contributed by atoms with Crippen LogP contribution in [0.5, 0.6) is 0 Å². The summed E-state index contributed by atoms with van der Waals surface area (Å²) in [7, 11) is 0. The molecule has 1 spiro atoms. The first-order chi connectivity index (χ1) is 5.12. The maximum atomic E-state index is 5.66. The van der Waals surface area contributed by atoms with E-state index in [9.17, 15) is 0 Å². The van der Waals surface area contributed by atoms with Gasteiger partial charge in [-0.3, -0.25) is 0 Å². The number of nitrogens with one attached hydrogen (secondary N) is 1. The van der Waals surface area contributed by atoms with E-state index < -0.39 is 0 Å². The summed E-state index contributed by atoms with van der Waals surface area (Å²) in [5.74, 6) is 0. The van der Waals surface area contributed by atoms with E-state index >= 15 is 0 Å². The molecule has 2 heterocycles. The number of ether oxygens (including phenoxy) is 1. The molecule has 0 bridgehead atoms. The molecule has 1 atom stereocenters. The van der Waals surface area contributed by atoms with Crippen LogP contribution in [-0.2, 0) is 4.74 Å². The van der Waals surface area contributed by atoms with Gasteiger partial charge >= 0.3 is 0 Å². The van der Waals surface area contributed by atoms with Gasteiger partial charge in [0.2, 0.25) is 0 Å². The van der Waals surface area contributed by atoms with Crippen LogP contribution in [0.15, 0.2) is 0 Å². The first-order valence-electron chi connectivity index (χ1n) is 4.51. The van der Waals surface area contributed by atoms with Gasteiger partial charge in [-0.2, -0.15) is 0 Å². The van der Waals surface area contributed by atoms with Crippen molar-refractivity contribution in [2.24, 2.45) is 0 Å². The van der Waals surface area contributed by atoms with E-state index in [1.807, 2.05) is 0 Å². The molecular formula is C9H17NO. The Kier molecular flexibility index (Phi) is 1.52. The van der Waals surface area contributed by atoms with Gasteiger partial charge < -0.3 is 10.1 Å². The highest BCUT2D eigenvalue weighted by molar-refractivity contribution is 5.02. The molecule has 2 rings (SSSR count). The molecule has 0 radical (unpaired) electrons. The summed E-state index contributed by atoms with van der Waals surface area (Å²) in [4.78, 5) is 0. The SMILES string of the molecule is CC1(C)CC2(CCN2)CCO1. The average Bonchev–Trinajstić information content (AvgIpc) is 1.82. The summed E-state index contributed by atoms with van der Waals surface area (Å²) >= 11 is 0. The fraction of sp³-hybridized carbons (Fsp3) is 1.00. The van der Waals surface area contributed by atoms with Crippen LogP contribution >= 0.6 is 0 Å². The molecule has 11 heavy (non-hydrogen) atoms. The summed E-state index contributed by atoms with van der Waals surface area (Å²) < 4.78 is 5.66. The number of rotatable bonds is 0. The lowest BCUT2D eigenvalue weighted by Crippen LogP contribution is -2.62. The minimum Gasteiger partial charge on any atom is -0.375 e. The highest BCUT2D eigenvalue weighted by Gasteiger charge is 2.44. The molecule has 2 nitrogen and oxygen atoms in total. The standard InChI is InChI=1S/C9H17NO/c1-8(2)7-9(3-5-10-9)4-6-11-8/h10H,3-7H2,1-2H3. The molecule has 2 heteroatoms. The summed E-state index contributed by atoms with van der Waals surface area (Å²) in [5, 5.41) is 3.54. The van der Waals surface area contributed by atoms with Gasteiger partial charge in [0, 0.05) is 12.1 Å². The smallest absolute Gasteiger partial charge is 0.0644 e. The highest BCUT2D eigenvalue weighted by atomic mass is 16.5. The molecule has 1 N–H and O–H groups in total. The van der Waals surface area contributed by atoms with Gasteiger partial charge in [0.15, 0.2) is 0 Å². The Bertz CT molecular complexity index is 161.